The van der Waals surface area contributed by atoms with Crippen LogP contribution >= 0.6 is 0 Å². The van der Waals surface area contributed by atoms with Gasteiger partial charge in [-0.2, -0.15) is 0 Å². The molecule has 0 fully saturated rings. The first kappa shape index (κ1) is 15.7. The Morgan fingerprint density at radius 1 is 1.00 bits per heavy atom. The van der Waals surface area contributed by atoms with Gasteiger partial charge >= 0.3 is 0 Å². The highest BCUT2D eigenvalue weighted by atomic mass is 32.2. The lowest BCUT2D eigenvalue weighted by Gasteiger charge is -2.10. The van der Waals surface area contributed by atoms with Crippen LogP contribution in [0.25, 0.3) is 0 Å². The van der Waals surface area contributed by atoms with Gasteiger partial charge in [0.1, 0.15) is 0 Å². The summed E-state index contributed by atoms with van der Waals surface area (Å²) in [5, 5.41) is 0. The van der Waals surface area contributed by atoms with Crippen molar-refractivity contribution in [1.29, 1.82) is 0 Å². The van der Waals surface area contributed by atoms with Crippen molar-refractivity contribution in [3.8, 4) is 0 Å². The van der Waals surface area contributed by atoms with E-state index in [1.807, 2.05) is 38.1 Å². The van der Waals surface area contributed by atoms with Crippen LogP contribution in [0.3, 0.4) is 0 Å². The van der Waals surface area contributed by atoms with Gasteiger partial charge in [-0.3, -0.25) is 0 Å². The monoisotopic (exact) mass is 304 g/mol. The predicted molar refractivity (Wildman–Crippen MR) is 84.3 cm³/mol. The zero-order valence-corrected chi connectivity index (χ0v) is 13.1. The summed E-state index contributed by atoms with van der Waals surface area (Å²) in [5.41, 5.74) is 9.47. The van der Waals surface area contributed by atoms with Gasteiger partial charge in [-0.05, 0) is 48.2 Å². The van der Waals surface area contributed by atoms with Crippen LogP contribution in [0.15, 0.2) is 47.4 Å². The Labute approximate surface area is 126 Å². The molecule has 0 atom stereocenters. The molecule has 2 aromatic rings. The maximum atomic E-state index is 12.3. The normalized spacial score (nSPS) is 11.6. The molecule has 3 N–H and O–H groups in total. The Morgan fingerprint density at radius 3 is 2.33 bits per heavy atom. The predicted octanol–water partition coefficient (Wildman–Crippen LogP) is 2.24. The lowest BCUT2D eigenvalue weighted by molar-refractivity contribution is 0.581. The van der Waals surface area contributed by atoms with Gasteiger partial charge in [0.05, 0.1) is 4.90 Å². The second-order valence-electron chi connectivity index (χ2n) is 5.04. The van der Waals surface area contributed by atoms with Crippen molar-refractivity contribution in [2.24, 2.45) is 5.73 Å². The van der Waals surface area contributed by atoms with Crippen LogP contribution in [-0.2, 0) is 23.1 Å². The molecule has 4 nitrogen and oxygen atoms in total. The first-order chi connectivity index (χ1) is 9.94. The topological polar surface area (TPSA) is 72.2 Å². The van der Waals surface area contributed by atoms with Crippen LogP contribution in [0, 0.1) is 13.8 Å². The molecule has 0 radical (unpaired) electrons. The van der Waals surface area contributed by atoms with Gasteiger partial charge in [-0.1, -0.05) is 30.3 Å². The number of benzene rings is 2. The quantitative estimate of drug-likeness (QED) is 0.890. The van der Waals surface area contributed by atoms with E-state index >= 15 is 0 Å². The molecule has 0 aliphatic rings. The highest BCUT2D eigenvalue weighted by Crippen LogP contribution is 2.16. The first-order valence-electron chi connectivity index (χ1n) is 6.78. The highest BCUT2D eigenvalue weighted by Gasteiger charge is 2.15. The number of hydrogen-bond acceptors (Lipinski definition) is 3. The maximum absolute atomic E-state index is 12.3. The maximum Gasteiger partial charge on any atom is 0.240 e. The minimum atomic E-state index is -3.51. The molecule has 0 amide bonds. The molecule has 2 aromatic carbocycles. The molecule has 0 aliphatic heterocycles. The molecule has 5 heteroatoms. The van der Waals surface area contributed by atoms with Crippen molar-refractivity contribution in [1.82, 2.24) is 4.72 Å². The highest BCUT2D eigenvalue weighted by molar-refractivity contribution is 7.89. The summed E-state index contributed by atoms with van der Waals surface area (Å²) in [6.07, 6.45) is 0. The van der Waals surface area contributed by atoms with Gasteiger partial charge in [-0.15, -0.1) is 0 Å². The standard InChI is InChI=1S/C16H20N2O2S/c1-12-5-3-4-6-15(12)11-18-21(19,20)16-8-7-14(10-17)13(2)9-16/h3-9,18H,10-11,17H2,1-2H3. The Morgan fingerprint density at radius 2 is 1.71 bits per heavy atom. The number of aryl methyl sites for hydroxylation is 2. The Hall–Kier alpha value is -1.69. The van der Waals surface area contributed by atoms with E-state index in [1.165, 1.54) is 0 Å². The molecule has 0 heterocycles. The number of nitrogens with two attached hydrogens (primary N) is 1. The summed E-state index contributed by atoms with van der Waals surface area (Å²) >= 11 is 0. The zero-order valence-electron chi connectivity index (χ0n) is 12.3. The molecule has 0 aliphatic carbocycles. The first-order valence-corrected chi connectivity index (χ1v) is 8.26. The molecule has 0 unspecified atom stereocenters. The summed E-state index contributed by atoms with van der Waals surface area (Å²) in [4.78, 5) is 0.269. The lowest BCUT2D eigenvalue weighted by Crippen LogP contribution is -2.23. The van der Waals surface area contributed by atoms with Crippen LogP contribution < -0.4 is 10.5 Å². The van der Waals surface area contributed by atoms with E-state index in [-0.39, 0.29) is 11.4 Å². The van der Waals surface area contributed by atoms with Gasteiger partial charge in [0.25, 0.3) is 0 Å². The lowest BCUT2D eigenvalue weighted by atomic mass is 10.1. The van der Waals surface area contributed by atoms with Crippen LogP contribution in [0.1, 0.15) is 22.3 Å². The Bertz CT molecular complexity index is 740. The second kappa shape index (κ2) is 6.39. The summed E-state index contributed by atoms with van der Waals surface area (Å²) in [7, 11) is -3.51. The van der Waals surface area contributed by atoms with Crippen LogP contribution in [0.4, 0.5) is 0 Å². The number of sulfonamides is 1. The van der Waals surface area contributed by atoms with E-state index in [4.69, 9.17) is 5.73 Å². The van der Waals surface area contributed by atoms with Crippen molar-refractivity contribution in [2.75, 3.05) is 0 Å². The number of hydrogen-bond donors (Lipinski definition) is 2. The summed E-state index contributed by atoms with van der Waals surface area (Å²) in [6, 6.07) is 12.7. The third kappa shape index (κ3) is 3.69. The van der Waals surface area contributed by atoms with Crippen molar-refractivity contribution < 1.29 is 8.42 Å². The molecular formula is C16H20N2O2S. The number of rotatable bonds is 5. The average Bonchev–Trinajstić information content (AvgIpc) is 2.46. The third-order valence-corrected chi connectivity index (χ3v) is 4.96. The fourth-order valence-corrected chi connectivity index (χ4v) is 3.22. The van der Waals surface area contributed by atoms with Gasteiger partial charge in [-0.25, -0.2) is 13.1 Å². The van der Waals surface area contributed by atoms with Crippen molar-refractivity contribution in [3.63, 3.8) is 0 Å². The summed E-state index contributed by atoms with van der Waals surface area (Å²) < 4.78 is 27.3. The van der Waals surface area contributed by atoms with Crippen molar-refractivity contribution in [3.05, 3.63) is 64.7 Å². The molecule has 112 valence electrons. The molecular weight excluding hydrogens is 284 g/mol. The number of nitrogens with one attached hydrogen (secondary N) is 1. The largest absolute Gasteiger partial charge is 0.326 e. The van der Waals surface area contributed by atoms with E-state index in [0.29, 0.717) is 6.54 Å². The SMILES string of the molecule is Cc1cc(S(=O)(=O)NCc2ccccc2C)ccc1CN. The molecule has 2 rings (SSSR count). The minimum Gasteiger partial charge on any atom is -0.326 e. The van der Waals surface area contributed by atoms with Gasteiger partial charge in [0.15, 0.2) is 0 Å². The molecule has 21 heavy (non-hydrogen) atoms. The van der Waals surface area contributed by atoms with Gasteiger partial charge < -0.3 is 5.73 Å². The van der Waals surface area contributed by atoms with Crippen LogP contribution in [-0.4, -0.2) is 8.42 Å². The Kier molecular flexibility index (Phi) is 4.77. The van der Waals surface area contributed by atoms with E-state index in [1.54, 1.807) is 18.2 Å². The fourth-order valence-electron chi connectivity index (χ4n) is 2.13. The average molecular weight is 304 g/mol. The summed E-state index contributed by atoms with van der Waals surface area (Å²) in [6.45, 7) is 4.52. The molecule has 0 bridgehead atoms. The van der Waals surface area contributed by atoms with Crippen LogP contribution in [0.5, 0.6) is 0 Å². The van der Waals surface area contributed by atoms with E-state index in [2.05, 4.69) is 4.72 Å². The molecule has 0 saturated heterocycles. The third-order valence-electron chi connectivity index (χ3n) is 3.56. The fraction of sp³-hybridized carbons (Fsp3) is 0.250. The van der Waals surface area contributed by atoms with Gasteiger partial charge in [0.2, 0.25) is 10.0 Å². The molecule has 0 aromatic heterocycles. The Balaban J connectivity index is 2.19. The van der Waals surface area contributed by atoms with Crippen molar-refractivity contribution >= 4 is 10.0 Å². The van der Waals surface area contributed by atoms with E-state index in [9.17, 15) is 8.42 Å². The smallest absolute Gasteiger partial charge is 0.240 e. The minimum absolute atomic E-state index is 0.269. The van der Waals surface area contributed by atoms with E-state index in [0.717, 1.165) is 22.3 Å². The van der Waals surface area contributed by atoms with Crippen LogP contribution in [0.2, 0.25) is 0 Å². The zero-order chi connectivity index (χ0) is 15.5. The summed E-state index contributed by atoms with van der Waals surface area (Å²) in [5.74, 6) is 0. The second-order valence-corrected chi connectivity index (χ2v) is 6.81. The van der Waals surface area contributed by atoms with Crippen molar-refractivity contribution in [2.45, 2.75) is 31.8 Å². The van der Waals surface area contributed by atoms with E-state index < -0.39 is 10.0 Å². The van der Waals surface area contributed by atoms with Gasteiger partial charge in [0, 0.05) is 13.1 Å². The molecule has 0 saturated carbocycles. The molecule has 0 spiro atoms.